The summed E-state index contributed by atoms with van der Waals surface area (Å²) in [4.78, 5) is 21.9. The highest BCUT2D eigenvalue weighted by molar-refractivity contribution is 8.00. The Balaban J connectivity index is 1.62. The van der Waals surface area contributed by atoms with E-state index in [1.165, 1.54) is 23.9 Å². The summed E-state index contributed by atoms with van der Waals surface area (Å²) in [5.74, 6) is 0.103. The molecular weight excluding hydrogens is 468 g/mol. The van der Waals surface area contributed by atoms with Crippen LogP contribution < -0.4 is 5.32 Å². The zero-order chi connectivity index (χ0) is 22.7. The van der Waals surface area contributed by atoms with Gasteiger partial charge in [0.25, 0.3) is 0 Å². The van der Waals surface area contributed by atoms with Crippen LogP contribution in [-0.4, -0.2) is 21.6 Å². The number of thioether (sulfide) groups is 1. The molecule has 0 aliphatic carbocycles. The minimum Gasteiger partial charge on any atom is -0.325 e. The van der Waals surface area contributed by atoms with Gasteiger partial charge >= 0.3 is 0 Å². The van der Waals surface area contributed by atoms with Gasteiger partial charge in [-0.05, 0) is 66.6 Å². The Hall–Kier alpha value is -2.67. The van der Waals surface area contributed by atoms with E-state index in [1.54, 1.807) is 30.3 Å². The predicted octanol–water partition coefficient (Wildman–Crippen LogP) is 7.04. The highest BCUT2D eigenvalue weighted by Crippen LogP contribution is 2.30. The molecule has 1 N–H and O–H groups in total. The second kappa shape index (κ2) is 9.86. The van der Waals surface area contributed by atoms with Gasteiger partial charge in [-0.2, -0.15) is 0 Å². The van der Waals surface area contributed by atoms with Crippen molar-refractivity contribution in [3.05, 3.63) is 82.1 Å². The van der Waals surface area contributed by atoms with E-state index < -0.39 is 0 Å². The maximum Gasteiger partial charge on any atom is 0.234 e. The van der Waals surface area contributed by atoms with Crippen LogP contribution in [0.25, 0.3) is 22.3 Å². The lowest BCUT2D eigenvalue weighted by Gasteiger charge is -2.10. The summed E-state index contributed by atoms with van der Waals surface area (Å²) in [5.41, 5.74) is 3.19. The van der Waals surface area contributed by atoms with Crippen molar-refractivity contribution in [1.29, 1.82) is 0 Å². The molecule has 3 aromatic carbocycles. The van der Waals surface area contributed by atoms with E-state index in [9.17, 15) is 9.18 Å². The number of halogens is 3. The van der Waals surface area contributed by atoms with Crippen LogP contribution in [0.15, 0.2) is 65.7 Å². The molecule has 162 valence electrons. The third-order valence-corrected chi connectivity index (χ3v) is 6.51. The van der Waals surface area contributed by atoms with Crippen LogP contribution in [0.2, 0.25) is 10.0 Å². The Morgan fingerprint density at radius 1 is 1.00 bits per heavy atom. The minimum absolute atomic E-state index is 0.144. The monoisotopic (exact) mass is 485 g/mol. The van der Waals surface area contributed by atoms with Gasteiger partial charge in [0, 0.05) is 16.6 Å². The molecule has 1 heterocycles. The maximum absolute atomic E-state index is 13.3. The zero-order valence-electron chi connectivity index (χ0n) is 17.0. The van der Waals surface area contributed by atoms with Gasteiger partial charge in [0.15, 0.2) is 5.82 Å². The third-order valence-electron chi connectivity index (χ3n) is 4.78. The van der Waals surface area contributed by atoms with E-state index in [2.05, 4.69) is 17.2 Å². The number of nitrogens with one attached hydrogen (secondary N) is 1. The molecule has 4 rings (SSSR count). The summed E-state index contributed by atoms with van der Waals surface area (Å²) in [5, 5.41) is 5.17. The molecule has 1 aromatic heterocycles. The van der Waals surface area contributed by atoms with Crippen LogP contribution in [-0.2, 0) is 11.2 Å². The summed E-state index contributed by atoms with van der Waals surface area (Å²) in [6.45, 7) is 2.08. The van der Waals surface area contributed by atoms with Crippen LogP contribution in [0, 0.1) is 5.82 Å². The number of hydrogen-bond acceptors (Lipinski definition) is 4. The Kier molecular flexibility index (Phi) is 6.94. The van der Waals surface area contributed by atoms with E-state index in [0.29, 0.717) is 32.1 Å². The third kappa shape index (κ3) is 5.21. The smallest absolute Gasteiger partial charge is 0.234 e. The Labute approximate surface area is 199 Å². The van der Waals surface area contributed by atoms with Crippen molar-refractivity contribution in [1.82, 2.24) is 9.97 Å². The van der Waals surface area contributed by atoms with Crippen LogP contribution in [0.1, 0.15) is 12.5 Å². The highest BCUT2D eigenvalue weighted by atomic mass is 35.5. The highest BCUT2D eigenvalue weighted by Gasteiger charge is 2.13. The summed E-state index contributed by atoms with van der Waals surface area (Å²) >= 11 is 13.3. The number of aromatic nitrogens is 2. The topological polar surface area (TPSA) is 54.9 Å². The summed E-state index contributed by atoms with van der Waals surface area (Å²) < 4.78 is 13.3. The summed E-state index contributed by atoms with van der Waals surface area (Å²) in [7, 11) is 0. The zero-order valence-corrected chi connectivity index (χ0v) is 19.4. The largest absolute Gasteiger partial charge is 0.325 e. The molecule has 0 radical (unpaired) electrons. The first kappa shape index (κ1) is 22.5. The summed E-state index contributed by atoms with van der Waals surface area (Å²) in [6, 6.07) is 17.0. The van der Waals surface area contributed by atoms with Gasteiger partial charge in [-0.15, -0.1) is 0 Å². The van der Waals surface area contributed by atoms with E-state index in [-0.39, 0.29) is 17.5 Å². The fourth-order valence-electron chi connectivity index (χ4n) is 3.11. The number of nitrogens with zero attached hydrogens (tertiary/aromatic N) is 2. The summed E-state index contributed by atoms with van der Waals surface area (Å²) in [6.07, 6.45) is 0.873. The van der Waals surface area contributed by atoms with Gasteiger partial charge in [-0.3, -0.25) is 4.79 Å². The molecule has 32 heavy (non-hydrogen) atoms. The molecule has 0 bridgehead atoms. The van der Waals surface area contributed by atoms with Crippen molar-refractivity contribution in [2.45, 2.75) is 18.4 Å². The van der Waals surface area contributed by atoms with Gasteiger partial charge in [0.2, 0.25) is 5.91 Å². The average molecular weight is 486 g/mol. The Morgan fingerprint density at radius 2 is 1.78 bits per heavy atom. The predicted molar refractivity (Wildman–Crippen MR) is 130 cm³/mol. The standard InChI is InChI=1S/C24H18Cl2FN3OS/c1-2-14-3-10-21-18(11-14)24(30-23(29-21)15-4-6-16(27)7-5-15)32-13-22(31)28-17-8-9-19(25)20(26)12-17/h3-12H,2,13H2,1H3,(H,28,31). The second-order valence-corrected chi connectivity index (χ2v) is 8.81. The van der Waals surface area contributed by atoms with Gasteiger partial charge in [0.05, 0.1) is 21.3 Å². The van der Waals surface area contributed by atoms with Gasteiger partial charge in [0.1, 0.15) is 10.8 Å². The number of carbonyl (C=O) groups is 1. The van der Waals surface area contributed by atoms with Crippen molar-refractivity contribution < 1.29 is 9.18 Å². The number of rotatable bonds is 6. The number of fused-ring (bicyclic) bond motifs is 1. The lowest BCUT2D eigenvalue weighted by molar-refractivity contribution is -0.113. The van der Waals surface area contributed by atoms with Crippen molar-refractivity contribution in [2.75, 3.05) is 11.1 Å². The van der Waals surface area contributed by atoms with Gasteiger partial charge in [-0.1, -0.05) is 48.0 Å². The SMILES string of the molecule is CCc1ccc2nc(-c3ccc(F)cc3)nc(SCC(=O)Nc3ccc(Cl)c(Cl)c3)c2c1. The van der Waals surface area contributed by atoms with Crippen LogP contribution in [0.4, 0.5) is 10.1 Å². The van der Waals surface area contributed by atoms with Crippen LogP contribution in [0.5, 0.6) is 0 Å². The molecule has 0 aliphatic rings. The average Bonchev–Trinajstić information content (AvgIpc) is 2.80. The number of anilines is 1. The minimum atomic E-state index is -0.323. The van der Waals surface area contributed by atoms with E-state index in [0.717, 1.165) is 22.9 Å². The van der Waals surface area contributed by atoms with Crippen molar-refractivity contribution >= 4 is 57.5 Å². The number of benzene rings is 3. The van der Waals surface area contributed by atoms with Gasteiger partial charge < -0.3 is 5.32 Å². The van der Waals surface area contributed by atoms with Crippen LogP contribution in [0.3, 0.4) is 0 Å². The number of hydrogen-bond donors (Lipinski definition) is 1. The molecule has 4 nitrogen and oxygen atoms in total. The first-order chi connectivity index (χ1) is 15.4. The fraction of sp³-hybridized carbons (Fsp3) is 0.125. The van der Waals surface area contributed by atoms with Crippen molar-refractivity contribution in [2.24, 2.45) is 0 Å². The first-order valence-corrected chi connectivity index (χ1v) is 11.6. The Bertz CT molecular complexity index is 1300. The van der Waals surface area contributed by atoms with Crippen molar-refractivity contribution in [3.8, 4) is 11.4 Å². The number of amides is 1. The molecule has 1 amide bonds. The van der Waals surface area contributed by atoms with E-state index in [1.807, 2.05) is 18.2 Å². The maximum atomic E-state index is 13.3. The molecule has 0 fully saturated rings. The first-order valence-electron chi connectivity index (χ1n) is 9.87. The van der Waals surface area contributed by atoms with Crippen LogP contribution >= 0.6 is 35.0 Å². The molecule has 0 aliphatic heterocycles. The molecule has 0 saturated heterocycles. The normalized spacial score (nSPS) is 11.0. The lowest BCUT2D eigenvalue weighted by atomic mass is 10.1. The number of aryl methyl sites for hydroxylation is 1. The fourth-order valence-corrected chi connectivity index (χ4v) is 4.22. The molecule has 0 saturated carbocycles. The van der Waals surface area contributed by atoms with Crippen molar-refractivity contribution in [3.63, 3.8) is 0 Å². The lowest BCUT2D eigenvalue weighted by Crippen LogP contribution is -2.14. The molecular formula is C24H18Cl2FN3OS. The molecule has 4 aromatic rings. The van der Waals surface area contributed by atoms with E-state index in [4.69, 9.17) is 28.2 Å². The molecule has 0 atom stereocenters. The molecule has 0 unspecified atom stereocenters. The van der Waals surface area contributed by atoms with E-state index >= 15 is 0 Å². The second-order valence-electron chi connectivity index (χ2n) is 7.03. The Morgan fingerprint density at radius 3 is 2.50 bits per heavy atom. The number of carbonyl (C=O) groups excluding carboxylic acids is 1. The quantitative estimate of drug-likeness (QED) is 0.235. The van der Waals surface area contributed by atoms with Gasteiger partial charge in [-0.25, -0.2) is 14.4 Å². The molecule has 8 heteroatoms. The molecule has 0 spiro atoms.